The van der Waals surface area contributed by atoms with E-state index in [1.54, 1.807) is 18.5 Å². The fourth-order valence-electron chi connectivity index (χ4n) is 5.31. The lowest BCUT2D eigenvalue weighted by Crippen LogP contribution is -2.30. The molecule has 0 bridgehead atoms. The van der Waals surface area contributed by atoms with Crippen molar-refractivity contribution in [3.05, 3.63) is 65.4 Å². The van der Waals surface area contributed by atoms with E-state index in [2.05, 4.69) is 38.8 Å². The number of hydrogen-bond acceptors (Lipinski definition) is 8. The second-order valence-corrected chi connectivity index (χ2v) is 10.1. The Bertz CT molecular complexity index is 1220. The van der Waals surface area contributed by atoms with Gasteiger partial charge < -0.3 is 20.3 Å². The monoisotopic (exact) mass is 548 g/mol. The van der Waals surface area contributed by atoms with Crippen molar-refractivity contribution in [2.24, 2.45) is 26.8 Å². The zero-order chi connectivity index (χ0) is 28.9. The summed E-state index contributed by atoms with van der Waals surface area (Å²) >= 11 is 0. The molecule has 40 heavy (non-hydrogen) atoms. The van der Waals surface area contributed by atoms with E-state index >= 15 is 0 Å². The highest BCUT2D eigenvalue weighted by Gasteiger charge is 2.32. The summed E-state index contributed by atoms with van der Waals surface area (Å²) in [7, 11) is 2.17. The Morgan fingerprint density at radius 3 is 2.62 bits per heavy atom. The number of aliphatic imine (C=N–C) groups is 2. The van der Waals surface area contributed by atoms with Gasteiger partial charge in [0.25, 0.3) is 0 Å². The molecule has 1 aliphatic carbocycles. The molecule has 1 aromatic heterocycles. The van der Waals surface area contributed by atoms with Crippen LogP contribution in [0.2, 0.25) is 0 Å². The van der Waals surface area contributed by atoms with E-state index in [0.717, 1.165) is 65.2 Å². The minimum absolute atomic E-state index is 0.0127. The first-order valence-electron chi connectivity index (χ1n) is 13.8. The maximum Gasteiger partial charge on any atom is 0.123 e. The minimum Gasteiger partial charge on any atom is -0.396 e. The maximum atomic E-state index is 14.3. The molecule has 0 spiro atoms. The average molecular weight is 549 g/mol. The van der Waals surface area contributed by atoms with Crippen molar-refractivity contribution in [1.29, 1.82) is 0 Å². The molecule has 2 N–H and O–H groups in total. The summed E-state index contributed by atoms with van der Waals surface area (Å²) in [6, 6.07) is 8.74. The molecule has 1 atom stereocenters. The molecule has 2 aliphatic rings. The Morgan fingerprint density at radius 1 is 1.25 bits per heavy atom. The number of halogens is 1. The highest BCUT2D eigenvalue weighted by atomic mass is 19.1. The molecule has 1 unspecified atom stereocenters. The number of allylic oxidation sites excluding steroid dienone is 2. The molecule has 214 valence electrons. The number of nitrogens with two attached hydrogens (primary N) is 1. The number of aromatic nitrogens is 1. The molecule has 9 heteroatoms. The highest BCUT2D eigenvalue weighted by Crippen LogP contribution is 2.39. The van der Waals surface area contributed by atoms with Gasteiger partial charge in [0.1, 0.15) is 18.7 Å². The highest BCUT2D eigenvalue weighted by molar-refractivity contribution is 6.27. The predicted molar refractivity (Wildman–Crippen MR) is 160 cm³/mol. The Hall–Kier alpha value is -3.56. The van der Waals surface area contributed by atoms with Gasteiger partial charge in [0, 0.05) is 41.4 Å². The zero-order valence-electron chi connectivity index (χ0n) is 23.9. The van der Waals surface area contributed by atoms with Gasteiger partial charge >= 0.3 is 0 Å². The van der Waals surface area contributed by atoms with E-state index in [1.807, 2.05) is 25.1 Å². The molecule has 0 radical (unpaired) electrons. The summed E-state index contributed by atoms with van der Waals surface area (Å²) in [5.41, 5.74) is 11.8. The quantitative estimate of drug-likeness (QED) is 0.206. The third kappa shape index (κ3) is 8.47. The molecule has 2 fully saturated rings. The number of pyridine rings is 1. The molecule has 4 rings (SSSR count). The van der Waals surface area contributed by atoms with Gasteiger partial charge in [-0.1, -0.05) is 17.3 Å². The molecule has 1 saturated carbocycles. The number of carbonyl (C=O) groups excluding carboxylic acids is 1. The van der Waals surface area contributed by atoms with Gasteiger partial charge in [0.2, 0.25) is 0 Å². The van der Waals surface area contributed by atoms with Gasteiger partial charge in [-0.05, 0) is 108 Å². The molecule has 2 heterocycles. The van der Waals surface area contributed by atoms with Crippen molar-refractivity contribution in [1.82, 2.24) is 9.88 Å². The third-order valence-electron chi connectivity index (χ3n) is 7.40. The SMILES string of the molecule is C=N/C(C)=C1C(=N/CN)\CC(c2ccc(F)cc2-c2cccnc2)CC\1=N/OCCC1CCN(C)CC1.CC=O. The Kier molecular flexibility index (Phi) is 12.3. The lowest BCUT2D eigenvalue weighted by atomic mass is 9.76. The van der Waals surface area contributed by atoms with E-state index in [9.17, 15) is 4.39 Å². The van der Waals surface area contributed by atoms with Gasteiger partial charge in [-0.3, -0.25) is 15.0 Å². The van der Waals surface area contributed by atoms with Gasteiger partial charge in [-0.15, -0.1) is 0 Å². The van der Waals surface area contributed by atoms with Crippen LogP contribution in [0.25, 0.3) is 11.1 Å². The van der Waals surface area contributed by atoms with Crippen molar-refractivity contribution < 1.29 is 14.0 Å². The van der Waals surface area contributed by atoms with Crippen LogP contribution in [0.5, 0.6) is 0 Å². The third-order valence-corrected chi connectivity index (χ3v) is 7.40. The van der Waals surface area contributed by atoms with Crippen molar-refractivity contribution in [2.45, 2.75) is 51.9 Å². The fourth-order valence-corrected chi connectivity index (χ4v) is 5.31. The average Bonchev–Trinajstić information content (AvgIpc) is 2.96. The predicted octanol–water partition coefficient (Wildman–Crippen LogP) is 5.41. The van der Waals surface area contributed by atoms with Gasteiger partial charge in [0.15, 0.2) is 0 Å². The molecule has 2 aromatic rings. The van der Waals surface area contributed by atoms with E-state index in [1.165, 1.54) is 25.8 Å². The van der Waals surface area contributed by atoms with Crippen LogP contribution in [-0.2, 0) is 9.63 Å². The van der Waals surface area contributed by atoms with E-state index < -0.39 is 0 Å². The molecule has 1 aromatic carbocycles. The number of benzene rings is 1. The summed E-state index contributed by atoms with van der Waals surface area (Å²) in [6.45, 7) is 10.1. The van der Waals surface area contributed by atoms with Crippen LogP contribution in [0.1, 0.15) is 57.4 Å². The lowest BCUT2D eigenvalue weighted by Gasteiger charge is -2.30. The first kappa shape index (κ1) is 31.0. The van der Waals surface area contributed by atoms with Gasteiger partial charge in [-0.25, -0.2) is 4.39 Å². The molecule has 1 saturated heterocycles. The normalized spacial score (nSPS) is 21.5. The van der Waals surface area contributed by atoms with Crippen molar-refractivity contribution in [3.63, 3.8) is 0 Å². The first-order chi connectivity index (χ1) is 19.4. The molecular weight excluding hydrogens is 507 g/mol. The number of aldehydes is 1. The molecule has 0 amide bonds. The summed E-state index contributed by atoms with van der Waals surface area (Å²) in [5, 5.41) is 4.61. The number of rotatable bonds is 8. The standard InChI is InChI=1S/C29H37FN6O.C2H4O/c1-20(32-2)29-27(34-19-31)15-23(16-28(29)35-37-14-10-21-8-12-36(3)13-9-21)25-7-6-24(30)17-26(25)22-5-4-11-33-18-22;1-2-3/h4-7,11,17-18,21,23H,2,8-10,12-16,19,31H2,1,3H3;2H,1H3/b29-20+,34-27-,35-28+;. The summed E-state index contributed by atoms with van der Waals surface area (Å²) in [6.07, 6.45) is 8.83. The number of oxime groups is 1. The Balaban J connectivity index is 0.00000141. The van der Waals surface area contributed by atoms with Crippen LogP contribution in [0.4, 0.5) is 4.39 Å². The van der Waals surface area contributed by atoms with Crippen LogP contribution in [0.15, 0.2) is 69.1 Å². The summed E-state index contributed by atoms with van der Waals surface area (Å²) < 4.78 is 14.3. The fraction of sp³-hybridized carbons (Fsp3) is 0.452. The topological polar surface area (TPSA) is 106 Å². The largest absolute Gasteiger partial charge is 0.396 e. The Morgan fingerprint density at radius 2 is 1.98 bits per heavy atom. The van der Waals surface area contributed by atoms with Crippen LogP contribution in [0.3, 0.4) is 0 Å². The molecule has 8 nitrogen and oxygen atoms in total. The zero-order valence-corrected chi connectivity index (χ0v) is 23.9. The molecule has 1 aliphatic heterocycles. The number of likely N-dealkylation sites (tertiary alicyclic amines) is 1. The summed E-state index contributed by atoms with van der Waals surface area (Å²) in [5.74, 6) is 0.393. The number of hydrogen-bond donors (Lipinski definition) is 1. The number of carbonyl (C=O) groups is 1. The van der Waals surface area contributed by atoms with Gasteiger partial charge in [0.05, 0.1) is 12.4 Å². The van der Waals surface area contributed by atoms with Gasteiger partial charge in [-0.2, -0.15) is 0 Å². The smallest absolute Gasteiger partial charge is 0.123 e. The van der Waals surface area contributed by atoms with Crippen molar-refractivity contribution >= 4 is 24.4 Å². The number of nitrogens with zero attached hydrogens (tertiary/aromatic N) is 5. The van der Waals surface area contributed by atoms with E-state index in [-0.39, 0.29) is 18.4 Å². The molecular formula is C31H41FN6O2. The van der Waals surface area contributed by atoms with Crippen molar-refractivity contribution in [3.8, 4) is 11.1 Å². The number of piperidine rings is 1. The maximum absolute atomic E-state index is 14.3. The first-order valence-corrected chi connectivity index (χ1v) is 13.8. The lowest BCUT2D eigenvalue weighted by molar-refractivity contribution is -0.106. The van der Waals surface area contributed by atoms with Crippen molar-refractivity contribution in [2.75, 3.05) is 33.4 Å². The van der Waals surface area contributed by atoms with E-state index in [4.69, 9.17) is 15.4 Å². The van der Waals surface area contributed by atoms with Crippen LogP contribution in [-0.4, -0.2) is 67.7 Å². The van der Waals surface area contributed by atoms with Crippen LogP contribution in [0, 0.1) is 11.7 Å². The van der Waals surface area contributed by atoms with E-state index in [0.29, 0.717) is 25.4 Å². The van der Waals surface area contributed by atoms with Crippen LogP contribution >= 0.6 is 0 Å². The summed E-state index contributed by atoms with van der Waals surface area (Å²) in [4.78, 5) is 30.1. The van der Waals surface area contributed by atoms with Crippen LogP contribution < -0.4 is 5.73 Å². The Labute approximate surface area is 236 Å². The minimum atomic E-state index is -0.285. The second kappa shape index (κ2) is 15.9. The second-order valence-electron chi connectivity index (χ2n) is 10.1.